The molecule has 0 fully saturated rings. The molecule has 0 aromatic heterocycles. The minimum Gasteiger partial charge on any atom is -0.464 e. The van der Waals surface area contributed by atoms with Crippen molar-refractivity contribution in [3.63, 3.8) is 0 Å². The monoisotopic (exact) mass is 533 g/mol. The van der Waals surface area contributed by atoms with Gasteiger partial charge in [-0.1, -0.05) is 104 Å². The Bertz CT molecular complexity index is 574. The van der Waals surface area contributed by atoms with E-state index >= 15 is 0 Å². The smallest absolute Gasteiger partial charge is 0.328 e. The minimum atomic E-state index is -2.09. The third-order valence-corrected chi connectivity index (χ3v) is 6.57. The predicted molar refractivity (Wildman–Crippen MR) is 144 cm³/mol. The molecule has 0 aliphatic rings. The van der Waals surface area contributed by atoms with Gasteiger partial charge in [-0.3, -0.25) is 4.79 Å². The standard InChI is InChI=1S/C28H55NO8/c1-4-5-6-7-8-9-10-11-12-13-14-15-16-17-18-37-28(36)22(19-21(2)3)29-27(35)26(34)25(33)24(32)23(31)20-30/h21-26,30-34H,4-20H2,1-3H3,(H,29,35)/t22-,23+,24+,25-,26+/m0/s1. The van der Waals surface area contributed by atoms with Crippen molar-refractivity contribution in [2.45, 2.75) is 148 Å². The molecule has 9 nitrogen and oxygen atoms in total. The van der Waals surface area contributed by atoms with E-state index in [-0.39, 0.29) is 18.9 Å². The number of ether oxygens (including phenoxy) is 1. The van der Waals surface area contributed by atoms with Crippen LogP contribution in [0.2, 0.25) is 0 Å². The fourth-order valence-electron chi connectivity index (χ4n) is 4.19. The normalized spacial score (nSPS) is 15.7. The minimum absolute atomic E-state index is 0.0442. The highest BCUT2D eigenvalue weighted by molar-refractivity contribution is 5.87. The van der Waals surface area contributed by atoms with E-state index in [1.54, 1.807) is 0 Å². The average Bonchev–Trinajstić information content (AvgIpc) is 2.88. The molecule has 0 rings (SSSR count). The third-order valence-electron chi connectivity index (χ3n) is 6.57. The van der Waals surface area contributed by atoms with Crippen LogP contribution in [0.5, 0.6) is 0 Å². The van der Waals surface area contributed by atoms with Gasteiger partial charge in [-0.25, -0.2) is 4.79 Å². The van der Waals surface area contributed by atoms with Crippen LogP contribution in [0.15, 0.2) is 0 Å². The molecule has 0 saturated heterocycles. The number of nitrogens with one attached hydrogen (secondary N) is 1. The molecule has 220 valence electrons. The lowest BCUT2D eigenvalue weighted by molar-refractivity contribution is -0.155. The number of rotatable bonds is 24. The van der Waals surface area contributed by atoms with Crippen LogP contribution in [0.25, 0.3) is 0 Å². The average molecular weight is 534 g/mol. The van der Waals surface area contributed by atoms with E-state index in [0.29, 0.717) is 0 Å². The van der Waals surface area contributed by atoms with Crippen LogP contribution in [0.4, 0.5) is 0 Å². The van der Waals surface area contributed by atoms with Crippen molar-refractivity contribution in [1.82, 2.24) is 5.32 Å². The van der Waals surface area contributed by atoms with Gasteiger partial charge in [0.2, 0.25) is 0 Å². The van der Waals surface area contributed by atoms with Crippen LogP contribution in [-0.2, 0) is 14.3 Å². The topological polar surface area (TPSA) is 157 Å². The van der Waals surface area contributed by atoms with E-state index in [9.17, 15) is 30.0 Å². The molecule has 0 bridgehead atoms. The Morgan fingerprint density at radius 2 is 1.19 bits per heavy atom. The van der Waals surface area contributed by atoms with Crippen molar-refractivity contribution >= 4 is 11.9 Å². The van der Waals surface area contributed by atoms with Gasteiger partial charge in [0.25, 0.3) is 5.91 Å². The Balaban J connectivity index is 4.14. The number of aliphatic hydroxyl groups is 5. The molecular weight excluding hydrogens is 478 g/mol. The molecule has 0 spiro atoms. The van der Waals surface area contributed by atoms with Crippen molar-refractivity contribution in [3.05, 3.63) is 0 Å². The van der Waals surface area contributed by atoms with Gasteiger partial charge in [0.15, 0.2) is 6.10 Å². The van der Waals surface area contributed by atoms with Gasteiger partial charge in [0, 0.05) is 0 Å². The van der Waals surface area contributed by atoms with E-state index in [0.717, 1.165) is 19.3 Å². The highest BCUT2D eigenvalue weighted by Gasteiger charge is 2.36. The molecule has 5 atom stereocenters. The van der Waals surface area contributed by atoms with Gasteiger partial charge in [0.1, 0.15) is 24.4 Å². The highest BCUT2D eigenvalue weighted by atomic mass is 16.5. The van der Waals surface area contributed by atoms with Gasteiger partial charge in [-0.05, 0) is 18.8 Å². The molecule has 0 heterocycles. The van der Waals surface area contributed by atoms with Crippen LogP contribution in [0, 0.1) is 5.92 Å². The molecule has 1 amide bonds. The largest absolute Gasteiger partial charge is 0.464 e. The Hall–Kier alpha value is -1.26. The number of unbranched alkanes of at least 4 members (excludes halogenated alkanes) is 13. The number of hydrogen-bond acceptors (Lipinski definition) is 8. The van der Waals surface area contributed by atoms with Crippen LogP contribution >= 0.6 is 0 Å². The Morgan fingerprint density at radius 3 is 1.62 bits per heavy atom. The molecule has 0 radical (unpaired) electrons. The first-order valence-corrected chi connectivity index (χ1v) is 14.5. The summed E-state index contributed by atoms with van der Waals surface area (Å²) in [6.07, 6.45) is 9.70. The molecule has 0 saturated carbocycles. The van der Waals surface area contributed by atoms with Crippen LogP contribution in [0.1, 0.15) is 117 Å². The highest BCUT2D eigenvalue weighted by Crippen LogP contribution is 2.14. The van der Waals surface area contributed by atoms with Crippen molar-refractivity contribution in [3.8, 4) is 0 Å². The van der Waals surface area contributed by atoms with Crippen molar-refractivity contribution in [2.75, 3.05) is 13.2 Å². The Morgan fingerprint density at radius 1 is 0.730 bits per heavy atom. The zero-order chi connectivity index (χ0) is 28.1. The zero-order valence-electron chi connectivity index (χ0n) is 23.4. The third kappa shape index (κ3) is 17.8. The maximum Gasteiger partial charge on any atom is 0.328 e. The number of carbonyl (C=O) groups is 2. The van der Waals surface area contributed by atoms with E-state index in [1.807, 2.05) is 13.8 Å². The number of aliphatic hydroxyl groups excluding tert-OH is 5. The SMILES string of the molecule is CCCCCCCCCCCCCCCCOC(=O)[C@H](CC(C)C)NC(=O)[C@H](O)[C@@H](O)[C@H](O)[C@H](O)CO. The molecule has 0 aromatic carbocycles. The molecule has 9 heteroatoms. The van der Waals surface area contributed by atoms with Crippen molar-refractivity contribution in [2.24, 2.45) is 5.92 Å². The molecule has 37 heavy (non-hydrogen) atoms. The first-order chi connectivity index (χ1) is 17.6. The van der Waals surface area contributed by atoms with Gasteiger partial charge >= 0.3 is 5.97 Å². The second kappa shape index (κ2) is 22.7. The van der Waals surface area contributed by atoms with Crippen molar-refractivity contribution < 1.29 is 39.9 Å². The lowest BCUT2D eigenvalue weighted by Gasteiger charge is -2.26. The molecule has 0 unspecified atom stereocenters. The summed E-state index contributed by atoms with van der Waals surface area (Å²) in [6, 6.07) is -1.01. The van der Waals surface area contributed by atoms with Crippen LogP contribution in [-0.4, -0.2) is 81.1 Å². The summed E-state index contributed by atoms with van der Waals surface area (Å²) in [4.78, 5) is 24.9. The van der Waals surface area contributed by atoms with Gasteiger partial charge < -0.3 is 35.6 Å². The van der Waals surface area contributed by atoms with Crippen LogP contribution in [0.3, 0.4) is 0 Å². The number of esters is 1. The molecular formula is C28H55NO8. The molecule has 0 aliphatic carbocycles. The Kier molecular flexibility index (Phi) is 21.9. The number of hydrogen-bond donors (Lipinski definition) is 6. The van der Waals surface area contributed by atoms with Gasteiger partial charge in [-0.2, -0.15) is 0 Å². The van der Waals surface area contributed by atoms with E-state index in [4.69, 9.17) is 9.84 Å². The van der Waals surface area contributed by atoms with Gasteiger partial charge in [-0.15, -0.1) is 0 Å². The second-order valence-electron chi connectivity index (χ2n) is 10.6. The fourth-order valence-corrected chi connectivity index (χ4v) is 4.19. The summed E-state index contributed by atoms with van der Waals surface area (Å²) < 4.78 is 5.34. The van der Waals surface area contributed by atoms with E-state index < -0.39 is 48.9 Å². The first kappa shape index (κ1) is 35.7. The van der Waals surface area contributed by atoms with E-state index in [1.165, 1.54) is 70.6 Å². The summed E-state index contributed by atoms with van der Waals surface area (Å²) in [7, 11) is 0. The lowest BCUT2D eigenvalue weighted by atomic mass is 10.0. The quantitative estimate of drug-likeness (QED) is 0.0817. The fraction of sp³-hybridized carbons (Fsp3) is 0.929. The lowest BCUT2D eigenvalue weighted by Crippen LogP contribution is -2.54. The van der Waals surface area contributed by atoms with E-state index in [2.05, 4.69) is 12.2 Å². The molecule has 0 aliphatic heterocycles. The maximum absolute atomic E-state index is 12.5. The maximum atomic E-state index is 12.5. The predicted octanol–water partition coefficient (Wildman–Crippen LogP) is 2.98. The summed E-state index contributed by atoms with van der Waals surface area (Å²) in [5.74, 6) is -1.65. The zero-order valence-corrected chi connectivity index (χ0v) is 23.4. The first-order valence-electron chi connectivity index (χ1n) is 14.5. The second-order valence-corrected chi connectivity index (χ2v) is 10.6. The molecule has 6 N–H and O–H groups in total. The van der Waals surface area contributed by atoms with Crippen LogP contribution < -0.4 is 5.32 Å². The van der Waals surface area contributed by atoms with Crippen molar-refractivity contribution in [1.29, 1.82) is 0 Å². The number of amides is 1. The number of carbonyl (C=O) groups excluding carboxylic acids is 2. The summed E-state index contributed by atoms with van der Waals surface area (Å²) in [6.45, 7) is 5.37. The summed E-state index contributed by atoms with van der Waals surface area (Å²) in [5.41, 5.74) is 0. The Labute approximate surface area is 224 Å². The van der Waals surface area contributed by atoms with Gasteiger partial charge in [0.05, 0.1) is 13.2 Å². The summed E-state index contributed by atoms with van der Waals surface area (Å²) in [5, 5.41) is 50.2. The summed E-state index contributed by atoms with van der Waals surface area (Å²) >= 11 is 0. The molecule has 0 aromatic rings.